The number of rotatable bonds is 7. The van der Waals surface area contributed by atoms with Crippen LogP contribution >= 0.6 is 0 Å². The standard InChI is InChI=1S/C15H27N2O2/c18-15(16-14-11-17(19)12-14)10-6-2-5-9-13-7-3-1-4-8-13/h13-14H,1-12H2,(H,16,18)/q-1. The number of nitrogens with zero attached hydrogens (tertiary/aromatic N) is 1. The fraction of sp³-hybridized carbons (Fsp3) is 0.933. The molecular formula is C15H27N2O2-. The predicted molar refractivity (Wildman–Crippen MR) is 76.5 cm³/mol. The molecule has 1 amide bonds. The number of amides is 1. The Morgan fingerprint density at radius 2 is 1.84 bits per heavy atom. The van der Waals surface area contributed by atoms with Gasteiger partial charge in [0.05, 0.1) is 6.04 Å². The molecule has 4 heteroatoms. The van der Waals surface area contributed by atoms with Crippen LogP contribution in [0, 0.1) is 11.1 Å². The molecule has 0 aromatic heterocycles. The molecule has 4 nitrogen and oxygen atoms in total. The first-order chi connectivity index (χ1) is 9.24. The molecule has 0 aromatic carbocycles. The maximum Gasteiger partial charge on any atom is 0.220 e. The van der Waals surface area contributed by atoms with E-state index in [0.717, 1.165) is 17.4 Å². The fourth-order valence-corrected chi connectivity index (χ4v) is 3.20. The van der Waals surface area contributed by atoms with Crippen molar-refractivity contribution in [2.45, 2.75) is 70.3 Å². The third kappa shape index (κ3) is 5.49. The summed E-state index contributed by atoms with van der Waals surface area (Å²) in [5, 5.41) is 14.6. The quantitative estimate of drug-likeness (QED) is 0.722. The molecule has 110 valence electrons. The lowest BCUT2D eigenvalue weighted by Gasteiger charge is -2.44. The van der Waals surface area contributed by atoms with Gasteiger partial charge in [-0.1, -0.05) is 51.4 Å². The second kappa shape index (κ2) is 7.85. The van der Waals surface area contributed by atoms with E-state index in [4.69, 9.17) is 0 Å². The van der Waals surface area contributed by atoms with Gasteiger partial charge in [-0.05, 0) is 12.3 Å². The fourth-order valence-electron chi connectivity index (χ4n) is 3.20. The van der Waals surface area contributed by atoms with Crippen LogP contribution in [0.3, 0.4) is 0 Å². The zero-order valence-electron chi connectivity index (χ0n) is 11.9. The Hall–Kier alpha value is -0.610. The third-order valence-electron chi connectivity index (χ3n) is 4.45. The second-order valence-corrected chi connectivity index (χ2v) is 6.21. The Kier molecular flexibility index (Phi) is 6.11. The Labute approximate surface area is 116 Å². The van der Waals surface area contributed by atoms with Crippen molar-refractivity contribution < 1.29 is 4.79 Å². The summed E-state index contributed by atoms with van der Waals surface area (Å²) in [6, 6.07) is 0.104. The van der Waals surface area contributed by atoms with Gasteiger partial charge in [0.15, 0.2) is 0 Å². The SMILES string of the molecule is O=C(CCCCCC1CCCCC1)NC1CN([O-])C1. The lowest BCUT2D eigenvalue weighted by atomic mass is 9.85. The zero-order valence-corrected chi connectivity index (χ0v) is 11.9. The second-order valence-electron chi connectivity index (χ2n) is 6.21. The van der Waals surface area contributed by atoms with E-state index in [9.17, 15) is 10.0 Å². The molecular weight excluding hydrogens is 240 g/mol. The van der Waals surface area contributed by atoms with Crippen LogP contribution < -0.4 is 5.32 Å². The van der Waals surface area contributed by atoms with Crippen LogP contribution in [0.2, 0.25) is 0 Å². The van der Waals surface area contributed by atoms with E-state index in [-0.39, 0.29) is 11.9 Å². The summed E-state index contributed by atoms with van der Waals surface area (Å²) in [6.07, 6.45) is 12.5. The summed E-state index contributed by atoms with van der Waals surface area (Å²) in [6.45, 7) is 0.931. The number of hydrogen-bond acceptors (Lipinski definition) is 3. The van der Waals surface area contributed by atoms with Crippen LogP contribution in [0.5, 0.6) is 0 Å². The Bertz CT molecular complexity index is 271. The van der Waals surface area contributed by atoms with Gasteiger partial charge in [0.2, 0.25) is 5.91 Å². The maximum absolute atomic E-state index is 11.6. The normalized spacial score (nSPS) is 22.2. The van der Waals surface area contributed by atoms with Crippen molar-refractivity contribution in [1.82, 2.24) is 10.4 Å². The average molecular weight is 267 g/mol. The van der Waals surface area contributed by atoms with E-state index in [1.54, 1.807) is 0 Å². The van der Waals surface area contributed by atoms with E-state index in [1.807, 2.05) is 0 Å². The van der Waals surface area contributed by atoms with Crippen LogP contribution in [0.1, 0.15) is 64.2 Å². The molecule has 2 aliphatic rings. The van der Waals surface area contributed by atoms with E-state index in [2.05, 4.69) is 5.32 Å². The molecule has 19 heavy (non-hydrogen) atoms. The van der Waals surface area contributed by atoms with Crippen molar-refractivity contribution in [2.24, 2.45) is 5.92 Å². The molecule has 0 spiro atoms. The van der Waals surface area contributed by atoms with Crippen molar-refractivity contribution in [1.29, 1.82) is 0 Å². The number of carbonyl (C=O) groups is 1. The van der Waals surface area contributed by atoms with Crippen LogP contribution in [-0.4, -0.2) is 30.1 Å². The smallest absolute Gasteiger partial charge is 0.220 e. The minimum absolute atomic E-state index is 0.104. The predicted octanol–water partition coefficient (Wildman–Crippen LogP) is 2.82. The van der Waals surface area contributed by atoms with E-state index in [1.165, 1.54) is 51.4 Å². The van der Waals surface area contributed by atoms with Gasteiger partial charge in [0.25, 0.3) is 0 Å². The van der Waals surface area contributed by atoms with E-state index < -0.39 is 0 Å². The first-order valence-electron chi connectivity index (χ1n) is 7.95. The molecule has 2 rings (SSSR count). The molecule has 1 saturated heterocycles. The highest BCUT2D eigenvalue weighted by Gasteiger charge is 2.20. The largest absolute Gasteiger partial charge is 0.785 e. The van der Waals surface area contributed by atoms with E-state index >= 15 is 0 Å². The monoisotopic (exact) mass is 267 g/mol. The van der Waals surface area contributed by atoms with Crippen LogP contribution in [-0.2, 0) is 4.79 Å². The van der Waals surface area contributed by atoms with Gasteiger partial charge in [0.1, 0.15) is 0 Å². The molecule has 0 aromatic rings. The number of hydroxylamine groups is 2. The summed E-state index contributed by atoms with van der Waals surface area (Å²) < 4.78 is 0. The zero-order chi connectivity index (χ0) is 13.5. The first-order valence-corrected chi connectivity index (χ1v) is 7.95. The highest BCUT2D eigenvalue weighted by Crippen LogP contribution is 2.27. The van der Waals surface area contributed by atoms with Crippen molar-refractivity contribution >= 4 is 5.91 Å². The molecule has 1 saturated carbocycles. The van der Waals surface area contributed by atoms with Gasteiger partial charge >= 0.3 is 0 Å². The van der Waals surface area contributed by atoms with Crippen molar-refractivity contribution in [3.63, 3.8) is 0 Å². The summed E-state index contributed by atoms with van der Waals surface area (Å²) in [4.78, 5) is 11.6. The van der Waals surface area contributed by atoms with Gasteiger partial charge in [-0.15, -0.1) is 0 Å². The van der Waals surface area contributed by atoms with Crippen molar-refractivity contribution in [3.05, 3.63) is 5.21 Å². The van der Waals surface area contributed by atoms with E-state index in [0.29, 0.717) is 19.5 Å². The maximum atomic E-state index is 11.6. The lowest BCUT2D eigenvalue weighted by molar-refractivity contribution is -0.122. The van der Waals surface area contributed by atoms with Gasteiger partial charge < -0.3 is 15.6 Å². The van der Waals surface area contributed by atoms with Crippen LogP contribution in [0.25, 0.3) is 0 Å². The van der Waals surface area contributed by atoms with Crippen molar-refractivity contribution in [3.8, 4) is 0 Å². The summed E-state index contributed by atoms with van der Waals surface area (Å²) in [5.74, 6) is 1.08. The minimum Gasteiger partial charge on any atom is -0.785 e. The molecule has 1 N–H and O–H groups in total. The van der Waals surface area contributed by atoms with Crippen LogP contribution in [0.15, 0.2) is 0 Å². The van der Waals surface area contributed by atoms with Gasteiger partial charge in [-0.3, -0.25) is 4.79 Å². The minimum atomic E-state index is 0.104. The molecule has 0 atom stereocenters. The highest BCUT2D eigenvalue weighted by atomic mass is 16.5. The van der Waals surface area contributed by atoms with Gasteiger partial charge in [-0.2, -0.15) is 0 Å². The topological polar surface area (TPSA) is 55.4 Å². The first kappa shape index (κ1) is 14.8. The highest BCUT2D eigenvalue weighted by molar-refractivity contribution is 5.76. The Morgan fingerprint density at radius 3 is 2.53 bits per heavy atom. The Balaban J connectivity index is 1.42. The molecule has 0 bridgehead atoms. The summed E-state index contributed by atoms with van der Waals surface area (Å²) >= 11 is 0. The number of unbranched alkanes of at least 4 members (excludes halogenated alkanes) is 2. The van der Waals surface area contributed by atoms with Crippen LogP contribution in [0.4, 0.5) is 0 Å². The number of carbonyl (C=O) groups excluding carboxylic acids is 1. The molecule has 1 aliphatic carbocycles. The third-order valence-corrected chi connectivity index (χ3v) is 4.45. The lowest BCUT2D eigenvalue weighted by Crippen LogP contribution is -2.56. The van der Waals surface area contributed by atoms with Gasteiger partial charge in [0, 0.05) is 19.5 Å². The number of hydrogen-bond donors (Lipinski definition) is 1. The molecule has 0 radical (unpaired) electrons. The summed E-state index contributed by atoms with van der Waals surface area (Å²) in [7, 11) is 0. The summed E-state index contributed by atoms with van der Waals surface area (Å²) in [5.41, 5.74) is 0. The Morgan fingerprint density at radius 1 is 1.11 bits per heavy atom. The van der Waals surface area contributed by atoms with Crippen molar-refractivity contribution in [2.75, 3.05) is 13.1 Å². The number of nitrogens with one attached hydrogen (secondary N) is 1. The molecule has 2 fully saturated rings. The molecule has 1 heterocycles. The molecule has 1 aliphatic heterocycles. The molecule has 0 unspecified atom stereocenters. The van der Waals surface area contributed by atoms with Gasteiger partial charge in [-0.25, -0.2) is 0 Å². The average Bonchev–Trinajstić information content (AvgIpc) is 2.38.